The summed E-state index contributed by atoms with van der Waals surface area (Å²) in [7, 11) is 2.02. The Morgan fingerprint density at radius 2 is 1.86 bits per heavy atom. The summed E-state index contributed by atoms with van der Waals surface area (Å²) in [5.41, 5.74) is 3.65. The molecular weight excluding hydrogens is 260 g/mol. The van der Waals surface area contributed by atoms with E-state index in [4.69, 9.17) is 0 Å². The van der Waals surface area contributed by atoms with Crippen molar-refractivity contribution in [2.75, 3.05) is 11.9 Å². The molecule has 2 aromatic rings. The first kappa shape index (κ1) is 15.4. The molecule has 1 heterocycles. The third-order valence-corrected chi connectivity index (χ3v) is 3.25. The third kappa shape index (κ3) is 4.83. The standard InChI is InChI=1S/C17H24N4/c1-13(2)18-9-16-10-19-17(20-11-16)21(4)12-15-7-5-6-14(3)8-15/h5-8,10-11,13,18H,9,12H2,1-4H3. The van der Waals surface area contributed by atoms with E-state index < -0.39 is 0 Å². The molecule has 1 N–H and O–H groups in total. The molecule has 0 spiro atoms. The molecule has 112 valence electrons. The predicted molar refractivity (Wildman–Crippen MR) is 87.3 cm³/mol. The second kappa shape index (κ2) is 7.18. The van der Waals surface area contributed by atoms with E-state index in [2.05, 4.69) is 65.2 Å². The maximum absolute atomic E-state index is 4.45. The van der Waals surface area contributed by atoms with Gasteiger partial charge >= 0.3 is 0 Å². The van der Waals surface area contributed by atoms with Gasteiger partial charge in [-0.2, -0.15) is 0 Å². The van der Waals surface area contributed by atoms with Crippen LogP contribution in [0, 0.1) is 6.92 Å². The fourth-order valence-corrected chi connectivity index (χ4v) is 2.11. The van der Waals surface area contributed by atoms with Crippen LogP contribution in [0.25, 0.3) is 0 Å². The number of hydrogen-bond acceptors (Lipinski definition) is 4. The van der Waals surface area contributed by atoms with Crippen molar-refractivity contribution in [3.05, 3.63) is 53.3 Å². The van der Waals surface area contributed by atoms with Gasteiger partial charge in [-0.1, -0.05) is 43.7 Å². The highest BCUT2D eigenvalue weighted by Crippen LogP contribution is 2.11. The Labute approximate surface area is 127 Å². The molecule has 0 saturated heterocycles. The zero-order chi connectivity index (χ0) is 15.2. The molecule has 0 radical (unpaired) electrons. The molecule has 0 fully saturated rings. The number of nitrogens with one attached hydrogen (secondary N) is 1. The smallest absolute Gasteiger partial charge is 0.225 e. The van der Waals surface area contributed by atoms with E-state index in [1.165, 1.54) is 11.1 Å². The van der Waals surface area contributed by atoms with Crippen LogP contribution in [0.4, 0.5) is 5.95 Å². The fourth-order valence-electron chi connectivity index (χ4n) is 2.11. The van der Waals surface area contributed by atoms with Crippen LogP contribution >= 0.6 is 0 Å². The Morgan fingerprint density at radius 3 is 2.48 bits per heavy atom. The SMILES string of the molecule is Cc1cccc(CN(C)c2ncc(CNC(C)C)cn2)c1. The zero-order valence-corrected chi connectivity index (χ0v) is 13.3. The summed E-state index contributed by atoms with van der Waals surface area (Å²) >= 11 is 0. The number of aryl methyl sites for hydroxylation is 1. The van der Waals surface area contributed by atoms with E-state index in [1.807, 2.05) is 19.4 Å². The molecule has 0 saturated carbocycles. The molecule has 2 rings (SSSR count). The lowest BCUT2D eigenvalue weighted by Crippen LogP contribution is -2.23. The van der Waals surface area contributed by atoms with E-state index in [1.54, 1.807) is 0 Å². The number of anilines is 1. The van der Waals surface area contributed by atoms with E-state index >= 15 is 0 Å². The van der Waals surface area contributed by atoms with Crippen molar-refractivity contribution in [2.24, 2.45) is 0 Å². The molecule has 0 aliphatic carbocycles. The Hall–Kier alpha value is -1.94. The molecule has 0 bridgehead atoms. The Kier molecular flexibility index (Phi) is 5.28. The molecule has 0 amide bonds. The lowest BCUT2D eigenvalue weighted by molar-refractivity contribution is 0.586. The van der Waals surface area contributed by atoms with Crippen LogP contribution in [0.5, 0.6) is 0 Å². The van der Waals surface area contributed by atoms with Gasteiger partial charge in [-0.05, 0) is 12.5 Å². The highest BCUT2D eigenvalue weighted by Gasteiger charge is 2.06. The first-order valence-electron chi connectivity index (χ1n) is 7.35. The van der Waals surface area contributed by atoms with Gasteiger partial charge in [-0.3, -0.25) is 0 Å². The van der Waals surface area contributed by atoms with E-state index in [0.29, 0.717) is 6.04 Å². The van der Waals surface area contributed by atoms with Gasteiger partial charge in [-0.15, -0.1) is 0 Å². The van der Waals surface area contributed by atoms with Gasteiger partial charge < -0.3 is 10.2 Å². The van der Waals surface area contributed by atoms with E-state index in [0.717, 1.165) is 24.6 Å². The normalized spacial score (nSPS) is 10.9. The maximum atomic E-state index is 4.45. The highest BCUT2D eigenvalue weighted by atomic mass is 15.2. The van der Waals surface area contributed by atoms with Crippen LogP contribution in [-0.2, 0) is 13.1 Å². The second-order valence-electron chi connectivity index (χ2n) is 5.77. The fraction of sp³-hybridized carbons (Fsp3) is 0.412. The number of benzene rings is 1. The molecule has 0 atom stereocenters. The summed E-state index contributed by atoms with van der Waals surface area (Å²) in [6.07, 6.45) is 3.79. The first-order chi connectivity index (χ1) is 10.0. The third-order valence-electron chi connectivity index (χ3n) is 3.25. The van der Waals surface area contributed by atoms with Gasteiger partial charge in [0.05, 0.1) is 0 Å². The average molecular weight is 284 g/mol. The van der Waals surface area contributed by atoms with Crippen molar-refractivity contribution < 1.29 is 0 Å². The summed E-state index contributed by atoms with van der Waals surface area (Å²) in [6, 6.07) is 8.98. The van der Waals surface area contributed by atoms with Gasteiger partial charge in [-0.25, -0.2) is 9.97 Å². The van der Waals surface area contributed by atoms with Gasteiger partial charge in [0.25, 0.3) is 0 Å². The van der Waals surface area contributed by atoms with Crippen LogP contribution < -0.4 is 10.2 Å². The lowest BCUT2D eigenvalue weighted by Gasteiger charge is -2.17. The minimum absolute atomic E-state index is 0.466. The molecule has 0 unspecified atom stereocenters. The molecule has 4 nitrogen and oxygen atoms in total. The van der Waals surface area contributed by atoms with Crippen molar-refractivity contribution in [3.63, 3.8) is 0 Å². The summed E-state index contributed by atoms with van der Waals surface area (Å²) in [6.45, 7) is 7.98. The lowest BCUT2D eigenvalue weighted by atomic mass is 10.1. The monoisotopic (exact) mass is 284 g/mol. The summed E-state index contributed by atoms with van der Waals surface area (Å²) in [4.78, 5) is 11.0. The summed E-state index contributed by atoms with van der Waals surface area (Å²) in [5.74, 6) is 0.754. The Morgan fingerprint density at radius 1 is 1.14 bits per heavy atom. The average Bonchev–Trinajstić information content (AvgIpc) is 2.45. The van der Waals surface area contributed by atoms with Gasteiger partial charge in [0, 0.05) is 44.1 Å². The number of aromatic nitrogens is 2. The number of hydrogen-bond donors (Lipinski definition) is 1. The second-order valence-corrected chi connectivity index (χ2v) is 5.77. The van der Waals surface area contributed by atoms with Crippen LogP contribution in [0.1, 0.15) is 30.5 Å². The van der Waals surface area contributed by atoms with Crippen LogP contribution in [0.15, 0.2) is 36.7 Å². The minimum atomic E-state index is 0.466. The Bertz CT molecular complexity index is 563. The van der Waals surface area contributed by atoms with Crippen molar-refractivity contribution in [2.45, 2.75) is 39.9 Å². The number of rotatable bonds is 6. The largest absolute Gasteiger partial charge is 0.340 e. The quantitative estimate of drug-likeness (QED) is 0.885. The van der Waals surface area contributed by atoms with Gasteiger partial charge in [0.1, 0.15) is 0 Å². The molecule has 0 aliphatic heterocycles. The van der Waals surface area contributed by atoms with Crippen LogP contribution in [-0.4, -0.2) is 23.1 Å². The zero-order valence-electron chi connectivity index (χ0n) is 13.3. The molecule has 4 heteroatoms. The number of nitrogens with zero attached hydrogens (tertiary/aromatic N) is 3. The molecule has 21 heavy (non-hydrogen) atoms. The molecule has 1 aromatic heterocycles. The molecular formula is C17H24N4. The van der Waals surface area contributed by atoms with Crippen molar-refractivity contribution in [1.29, 1.82) is 0 Å². The van der Waals surface area contributed by atoms with Crippen molar-refractivity contribution in [1.82, 2.24) is 15.3 Å². The van der Waals surface area contributed by atoms with Crippen molar-refractivity contribution in [3.8, 4) is 0 Å². The molecule has 1 aromatic carbocycles. The summed E-state index contributed by atoms with van der Waals surface area (Å²) < 4.78 is 0. The predicted octanol–water partition coefficient (Wildman–Crippen LogP) is 2.92. The first-order valence-corrected chi connectivity index (χ1v) is 7.35. The van der Waals surface area contributed by atoms with Gasteiger partial charge in [0.15, 0.2) is 0 Å². The minimum Gasteiger partial charge on any atom is -0.340 e. The van der Waals surface area contributed by atoms with Crippen LogP contribution in [0.2, 0.25) is 0 Å². The topological polar surface area (TPSA) is 41.1 Å². The maximum Gasteiger partial charge on any atom is 0.225 e. The Balaban J connectivity index is 1.97. The van der Waals surface area contributed by atoms with Crippen molar-refractivity contribution >= 4 is 5.95 Å². The highest BCUT2D eigenvalue weighted by molar-refractivity contribution is 5.32. The van der Waals surface area contributed by atoms with E-state index in [-0.39, 0.29) is 0 Å². The molecule has 0 aliphatic rings. The van der Waals surface area contributed by atoms with E-state index in [9.17, 15) is 0 Å². The van der Waals surface area contributed by atoms with Crippen LogP contribution in [0.3, 0.4) is 0 Å². The summed E-state index contributed by atoms with van der Waals surface area (Å²) in [5, 5.41) is 3.36. The van der Waals surface area contributed by atoms with Gasteiger partial charge in [0.2, 0.25) is 5.95 Å².